The van der Waals surface area contributed by atoms with E-state index < -0.39 is 11.4 Å². The molecule has 1 aromatic carbocycles. The molecule has 6 heteroatoms. The summed E-state index contributed by atoms with van der Waals surface area (Å²) in [5.74, 6) is -1.17. The average Bonchev–Trinajstić information content (AvgIpc) is 2.88. The molecule has 0 aliphatic rings. The first-order chi connectivity index (χ1) is 9.79. The van der Waals surface area contributed by atoms with Gasteiger partial charge in [0.1, 0.15) is 5.01 Å². The van der Waals surface area contributed by atoms with Gasteiger partial charge in [-0.05, 0) is 12.1 Å². The molecule has 0 aliphatic carbocycles. The van der Waals surface area contributed by atoms with E-state index >= 15 is 0 Å². The number of aromatic carboxylic acids is 1. The number of nitrogens with zero attached hydrogens (tertiary/aromatic N) is 1. The summed E-state index contributed by atoms with van der Waals surface area (Å²) >= 11 is 1.24. The first-order valence-electron chi connectivity index (χ1n) is 6.38. The van der Waals surface area contributed by atoms with Crippen LogP contribution in [0.1, 0.15) is 31.3 Å². The Morgan fingerprint density at radius 2 is 1.90 bits per heavy atom. The van der Waals surface area contributed by atoms with E-state index in [0.29, 0.717) is 16.3 Å². The molecule has 2 N–H and O–H groups in total. The maximum absolute atomic E-state index is 12.1. The van der Waals surface area contributed by atoms with E-state index in [1.165, 1.54) is 16.7 Å². The van der Waals surface area contributed by atoms with Crippen molar-refractivity contribution in [1.82, 2.24) is 4.98 Å². The molecule has 2 aromatic rings. The monoisotopic (exact) mass is 304 g/mol. The molecule has 1 heterocycles. The number of anilines is 1. The fraction of sp³-hybridized carbons (Fsp3) is 0.267. The minimum atomic E-state index is -1.06. The van der Waals surface area contributed by atoms with Crippen molar-refractivity contribution < 1.29 is 14.7 Å². The summed E-state index contributed by atoms with van der Waals surface area (Å²) < 4.78 is 0. The molecule has 0 saturated carbocycles. The van der Waals surface area contributed by atoms with Gasteiger partial charge in [0.2, 0.25) is 5.91 Å². The number of carbonyl (C=O) groups excluding carboxylic acids is 1. The number of hydrogen-bond acceptors (Lipinski definition) is 4. The highest BCUT2D eigenvalue weighted by molar-refractivity contribution is 7.13. The number of thiazole rings is 1. The van der Waals surface area contributed by atoms with Crippen LogP contribution in [0.3, 0.4) is 0 Å². The number of para-hydroxylation sites is 1. The van der Waals surface area contributed by atoms with E-state index in [1.807, 2.05) is 39.0 Å². The predicted octanol–water partition coefficient (Wildman–Crippen LogP) is 3.49. The Balaban J connectivity index is 2.36. The maximum atomic E-state index is 12.1. The second-order valence-electron chi connectivity index (χ2n) is 5.59. The standard InChI is InChI=1S/C15H16N2O3S/c1-15(2,3)14(20)17-10-7-5-4-6-9(10)12-16-11(8-21-12)13(18)19/h4-8H,1-3H3,(H,17,20)(H,18,19). The van der Waals surface area contributed by atoms with Crippen LogP contribution in [0.15, 0.2) is 29.6 Å². The van der Waals surface area contributed by atoms with Gasteiger partial charge < -0.3 is 10.4 Å². The molecule has 0 atom stereocenters. The lowest BCUT2D eigenvalue weighted by Crippen LogP contribution is -2.27. The lowest BCUT2D eigenvalue weighted by atomic mass is 9.95. The Kier molecular flexibility index (Phi) is 4.09. The SMILES string of the molecule is CC(C)(C)C(=O)Nc1ccccc1-c1nc(C(=O)O)cs1. The Labute approximate surface area is 126 Å². The van der Waals surface area contributed by atoms with Gasteiger partial charge in [-0.1, -0.05) is 32.9 Å². The van der Waals surface area contributed by atoms with Gasteiger partial charge in [-0.25, -0.2) is 9.78 Å². The van der Waals surface area contributed by atoms with Gasteiger partial charge in [0.25, 0.3) is 0 Å². The fourth-order valence-electron chi connectivity index (χ4n) is 1.58. The molecule has 0 aliphatic heterocycles. The van der Waals surface area contributed by atoms with E-state index in [1.54, 1.807) is 6.07 Å². The number of carboxylic acid groups (broad SMARTS) is 1. The topological polar surface area (TPSA) is 79.3 Å². The number of carboxylic acids is 1. The molecule has 21 heavy (non-hydrogen) atoms. The Bertz CT molecular complexity index is 686. The molecule has 0 radical (unpaired) electrons. The first-order valence-corrected chi connectivity index (χ1v) is 7.26. The molecule has 110 valence electrons. The number of benzene rings is 1. The zero-order chi connectivity index (χ0) is 15.6. The molecular weight excluding hydrogens is 288 g/mol. The third-order valence-corrected chi connectivity index (χ3v) is 3.69. The molecule has 1 aromatic heterocycles. The summed E-state index contributed by atoms with van der Waals surface area (Å²) in [4.78, 5) is 27.1. The van der Waals surface area contributed by atoms with Crippen LogP contribution < -0.4 is 5.32 Å². The molecule has 0 bridgehead atoms. The smallest absolute Gasteiger partial charge is 0.355 e. The summed E-state index contributed by atoms with van der Waals surface area (Å²) in [6.45, 7) is 5.49. The van der Waals surface area contributed by atoms with Crippen molar-refractivity contribution in [3.05, 3.63) is 35.3 Å². The zero-order valence-corrected chi connectivity index (χ0v) is 12.8. The van der Waals surface area contributed by atoms with Gasteiger partial charge in [-0.3, -0.25) is 4.79 Å². The summed E-state index contributed by atoms with van der Waals surface area (Å²) in [5, 5.41) is 13.9. The van der Waals surface area contributed by atoms with Gasteiger partial charge in [0.05, 0.1) is 5.69 Å². The van der Waals surface area contributed by atoms with Gasteiger partial charge in [-0.2, -0.15) is 0 Å². The molecule has 2 rings (SSSR count). The second kappa shape index (κ2) is 5.65. The lowest BCUT2D eigenvalue weighted by molar-refractivity contribution is -0.123. The Morgan fingerprint density at radius 3 is 2.48 bits per heavy atom. The van der Waals surface area contributed by atoms with Crippen LogP contribution in [0.2, 0.25) is 0 Å². The van der Waals surface area contributed by atoms with E-state index in [-0.39, 0.29) is 11.6 Å². The van der Waals surface area contributed by atoms with Crippen LogP contribution in [-0.2, 0) is 4.79 Å². The number of nitrogens with one attached hydrogen (secondary N) is 1. The Hall–Kier alpha value is -2.21. The Morgan fingerprint density at radius 1 is 1.24 bits per heavy atom. The van der Waals surface area contributed by atoms with Crippen molar-refractivity contribution in [3.8, 4) is 10.6 Å². The van der Waals surface area contributed by atoms with E-state index in [0.717, 1.165) is 0 Å². The van der Waals surface area contributed by atoms with E-state index in [9.17, 15) is 9.59 Å². The highest BCUT2D eigenvalue weighted by Crippen LogP contribution is 2.31. The van der Waals surface area contributed by atoms with Gasteiger partial charge >= 0.3 is 5.97 Å². The van der Waals surface area contributed by atoms with Crippen molar-refractivity contribution >= 4 is 28.9 Å². The summed E-state index contributed by atoms with van der Waals surface area (Å²) in [6, 6.07) is 7.22. The summed E-state index contributed by atoms with van der Waals surface area (Å²) in [6.07, 6.45) is 0. The van der Waals surface area contributed by atoms with Crippen LogP contribution in [0.25, 0.3) is 10.6 Å². The van der Waals surface area contributed by atoms with Crippen molar-refractivity contribution in [3.63, 3.8) is 0 Å². The minimum Gasteiger partial charge on any atom is -0.476 e. The molecule has 5 nitrogen and oxygen atoms in total. The summed E-state index contributed by atoms with van der Waals surface area (Å²) in [5.41, 5.74) is 0.839. The lowest BCUT2D eigenvalue weighted by Gasteiger charge is -2.18. The van der Waals surface area contributed by atoms with Gasteiger partial charge in [0, 0.05) is 16.4 Å². The number of carbonyl (C=O) groups is 2. The second-order valence-corrected chi connectivity index (χ2v) is 6.45. The molecular formula is C15H16N2O3S. The van der Waals surface area contributed by atoms with Crippen LogP contribution in [-0.4, -0.2) is 22.0 Å². The van der Waals surface area contributed by atoms with E-state index in [4.69, 9.17) is 5.11 Å². The minimum absolute atomic E-state index is 0.00644. The third kappa shape index (κ3) is 3.46. The number of amides is 1. The normalized spacial score (nSPS) is 11.2. The van der Waals surface area contributed by atoms with Gasteiger partial charge in [0.15, 0.2) is 5.69 Å². The average molecular weight is 304 g/mol. The molecule has 0 unspecified atom stereocenters. The van der Waals surface area contributed by atoms with Crippen LogP contribution in [0.5, 0.6) is 0 Å². The maximum Gasteiger partial charge on any atom is 0.355 e. The third-order valence-electron chi connectivity index (χ3n) is 2.81. The van der Waals surface area contributed by atoms with Crippen molar-refractivity contribution in [2.24, 2.45) is 5.41 Å². The summed E-state index contributed by atoms with van der Waals surface area (Å²) in [7, 11) is 0. The highest BCUT2D eigenvalue weighted by Gasteiger charge is 2.22. The van der Waals surface area contributed by atoms with Crippen LogP contribution in [0.4, 0.5) is 5.69 Å². The van der Waals surface area contributed by atoms with Gasteiger partial charge in [-0.15, -0.1) is 11.3 Å². The van der Waals surface area contributed by atoms with Crippen molar-refractivity contribution in [2.75, 3.05) is 5.32 Å². The number of aromatic nitrogens is 1. The molecule has 0 spiro atoms. The number of rotatable bonds is 3. The largest absolute Gasteiger partial charge is 0.476 e. The fourth-order valence-corrected chi connectivity index (χ4v) is 2.42. The van der Waals surface area contributed by atoms with E-state index in [2.05, 4.69) is 10.3 Å². The quantitative estimate of drug-likeness (QED) is 0.909. The molecule has 1 amide bonds. The first kappa shape index (κ1) is 15.2. The zero-order valence-electron chi connectivity index (χ0n) is 12.0. The highest BCUT2D eigenvalue weighted by atomic mass is 32.1. The van der Waals surface area contributed by atoms with Crippen molar-refractivity contribution in [1.29, 1.82) is 0 Å². The van der Waals surface area contributed by atoms with Crippen LogP contribution >= 0.6 is 11.3 Å². The van der Waals surface area contributed by atoms with Crippen molar-refractivity contribution in [2.45, 2.75) is 20.8 Å². The molecule has 0 saturated heterocycles. The predicted molar refractivity (Wildman–Crippen MR) is 82.6 cm³/mol. The number of hydrogen-bond donors (Lipinski definition) is 2. The van der Waals surface area contributed by atoms with Crippen LogP contribution in [0, 0.1) is 5.41 Å². The molecule has 0 fully saturated rings.